The molecular weight excluding hydrogens is 343 g/mol. The van der Waals surface area contributed by atoms with Gasteiger partial charge in [-0.25, -0.2) is 14.4 Å². The van der Waals surface area contributed by atoms with Crippen LogP contribution in [0.4, 0.5) is 10.2 Å². The zero-order valence-corrected chi connectivity index (χ0v) is 15.3. The van der Waals surface area contributed by atoms with Crippen molar-refractivity contribution in [2.45, 2.75) is 26.9 Å². The Morgan fingerprint density at radius 2 is 1.74 bits per heavy atom. The summed E-state index contributed by atoms with van der Waals surface area (Å²) in [5.74, 6) is 0.377. The number of halogens is 1. The smallest absolute Gasteiger partial charge is 0.270 e. The molecule has 0 saturated heterocycles. The molecule has 1 aromatic heterocycles. The molecule has 0 aliphatic carbocycles. The summed E-state index contributed by atoms with van der Waals surface area (Å²) < 4.78 is 13.7. The van der Waals surface area contributed by atoms with Crippen molar-refractivity contribution in [1.82, 2.24) is 15.3 Å². The fourth-order valence-electron chi connectivity index (χ4n) is 2.58. The number of nitrogens with zero attached hydrogens (tertiary/aromatic N) is 2. The predicted molar refractivity (Wildman–Crippen MR) is 103 cm³/mol. The van der Waals surface area contributed by atoms with Crippen molar-refractivity contribution in [2.75, 3.05) is 5.32 Å². The van der Waals surface area contributed by atoms with Crippen molar-refractivity contribution >= 4 is 11.7 Å². The molecular formula is C21H21FN4O. The van der Waals surface area contributed by atoms with E-state index < -0.39 is 0 Å². The number of aromatic nitrogens is 2. The van der Waals surface area contributed by atoms with E-state index in [1.54, 1.807) is 31.2 Å². The Hall–Kier alpha value is -3.28. The molecule has 3 aromatic rings. The lowest BCUT2D eigenvalue weighted by Crippen LogP contribution is -2.24. The molecule has 2 N–H and O–H groups in total. The molecule has 0 saturated carbocycles. The van der Waals surface area contributed by atoms with E-state index in [1.165, 1.54) is 11.6 Å². The summed E-state index contributed by atoms with van der Waals surface area (Å²) >= 11 is 0. The summed E-state index contributed by atoms with van der Waals surface area (Å²) in [6, 6.07) is 16.0. The Labute approximate surface area is 157 Å². The van der Waals surface area contributed by atoms with Gasteiger partial charge in [-0.15, -0.1) is 0 Å². The van der Waals surface area contributed by atoms with E-state index in [0.29, 0.717) is 23.8 Å². The lowest BCUT2D eigenvalue weighted by atomic mass is 10.1. The Morgan fingerprint density at radius 3 is 2.48 bits per heavy atom. The quantitative estimate of drug-likeness (QED) is 0.699. The van der Waals surface area contributed by atoms with Gasteiger partial charge in [-0.2, -0.15) is 0 Å². The maximum atomic E-state index is 13.7. The van der Waals surface area contributed by atoms with Crippen molar-refractivity contribution in [3.8, 4) is 0 Å². The zero-order valence-electron chi connectivity index (χ0n) is 15.3. The van der Waals surface area contributed by atoms with Crippen molar-refractivity contribution < 1.29 is 9.18 Å². The summed E-state index contributed by atoms with van der Waals surface area (Å²) in [4.78, 5) is 20.9. The van der Waals surface area contributed by atoms with E-state index in [4.69, 9.17) is 0 Å². The number of nitrogens with one attached hydrogen (secondary N) is 2. The van der Waals surface area contributed by atoms with E-state index >= 15 is 0 Å². The summed E-state index contributed by atoms with van der Waals surface area (Å²) in [6.07, 6.45) is 0. The highest BCUT2D eigenvalue weighted by Gasteiger charge is 2.11. The number of carbonyl (C=O) groups excluding carboxylic acids is 1. The number of benzene rings is 2. The average molecular weight is 364 g/mol. The van der Waals surface area contributed by atoms with E-state index in [-0.39, 0.29) is 24.0 Å². The molecule has 6 heteroatoms. The third-order valence-electron chi connectivity index (χ3n) is 4.06. The highest BCUT2D eigenvalue weighted by Crippen LogP contribution is 2.12. The molecule has 0 spiro atoms. The molecule has 0 fully saturated rings. The summed E-state index contributed by atoms with van der Waals surface area (Å²) in [6.45, 7) is 4.42. The van der Waals surface area contributed by atoms with Gasteiger partial charge in [-0.05, 0) is 25.5 Å². The van der Waals surface area contributed by atoms with Crippen molar-refractivity contribution in [1.29, 1.82) is 0 Å². The van der Waals surface area contributed by atoms with Crippen LogP contribution in [0.15, 0.2) is 54.6 Å². The second-order valence-corrected chi connectivity index (χ2v) is 6.30. The zero-order chi connectivity index (χ0) is 19.2. The minimum atomic E-state index is -0.285. The second kappa shape index (κ2) is 8.40. The molecule has 2 aromatic carbocycles. The van der Waals surface area contributed by atoms with Gasteiger partial charge in [0.05, 0.1) is 0 Å². The van der Waals surface area contributed by atoms with E-state index in [1.807, 2.05) is 31.2 Å². The van der Waals surface area contributed by atoms with Gasteiger partial charge in [0.15, 0.2) is 0 Å². The van der Waals surface area contributed by atoms with Gasteiger partial charge in [0, 0.05) is 24.7 Å². The highest BCUT2D eigenvalue weighted by atomic mass is 19.1. The first kappa shape index (κ1) is 18.5. The van der Waals surface area contributed by atoms with E-state index in [0.717, 1.165) is 5.56 Å². The first-order valence-electron chi connectivity index (χ1n) is 8.68. The number of amides is 1. The highest BCUT2D eigenvalue weighted by molar-refractivity contribution is 5.92. The first-order valence-corrected chi connectivity index (χ1v) is 8.68. The Balaban J connectivity index is 1.66. The van der Waals surface area contributed by atoms with Crippen LogP contribution >= 0.6 is 0 Å². The molecule has 3 rings (SSSR count). The maximum Gasteiger partial charge on any atom is 0.270 e. The Bertz CT molecular complexity index is 941. The average Bonchev–Trinajstić information content (AvgIpc) is 2.66. The van der Waals surface area contributed by atoms with Crippen molar-refractivity contribution in [3.63, 3.8) is 0 Å². The lowest BCUT2D eigenvalue weighted by Gasteiger charge is -2.10. The van der Waals surface area contributed by atoms with Crippen molar-refractivity contribution in [3.05, 3.63) is 88.6 Å². The molecule has 27 heavy (non-hydrogen) atoms. The molecule has 0 radical (unpaired) electrons. The number of anilines is 1. The topological polar surface area (TPSA) is 66.9 Å². The Morgan fingerprint density at radius 1 is 1.00 bits per heavy atom. The number of hydrogen-bond donors (Lipinski definition) is 2. The first-order chi connectivity index (χ1) is 13.0. The van der Waals surface area contributed by atoms with Gasteiger partial charge < -0.3 is 10.6 Å². The number of aryl methyl sites for hydroxylation is 2. The molecule has 1 amide bonds. The number of hydrogen-bond acceptors (Lipinski definition) is 4. The maximum absolute atomic E-state index is 13.7. The summed E-state index contributed by atoms with van der Waals surface area (Å²) in [5.41, 5.74) is 2.98. The van der Waals surface area contributed by atoms with E-state index in [9.17, 15) is 9.18 Å². The van der Waals surface area contributed by atoms with Gasteiger partial charge in [0.25, 0.3) is 5.91 Å². The fraction of sp³-hybridized carbons (Fsp3) is 0.190. The van der Waals surface area contributed by atoms with Crippen LogP contribution in [-0.2, 0) is 13.1 Å². The monoisotopic (exact) mass is 364 g/mol. The third-order valence-corrected chi connectivity index (χ3v) is 4.06. The molecule has 138 valence electrons. The molecule has 0 unspecified atom stereocenters. The molecule has 0 bridgehead atoms. The molecule has 5 nitrogen and oxygen atoms in total. The predicted octanol–water partition coefficient (Wildman–Crippen LogP) is 3.77. The Kier molecular flexibility index (Phi) is 5.76. The molecule has 0 aliphatic heterocycles. The van der Waals surface area contributed by atoms with Crippen LogP contribution in [0.3, 0.4) is 0 Å². The third kappa shape index (κ3) is 5.10. The van der Waals surface area contributed by atoms with Gasteiger partial charge in [-0.3, -0.25) is 4.79 Å². The van der Waals surface area contributed by atoms with Gasteiger partial charge in [0.2, 0.25) is 0 Å². The van der Waals surface area contributed by atoms with Crippen LogP contribution in [-0.4, -0.2) is 15.9 Å². The minimum absolute atomic E-state index is 0.269. The molecule has 0 aliphatic rings. The SMILES string of the molecule is Cc1ccc(CNC(=O)c2cc(NCc3ccccc3F)nc(C)n2)cc1. The summed E-state index contributed by atoms with van der Waals surface area (Å²) in [7, 11) is 0. The van der Waals surface area contributed by atoms with Crippen LogP contribution in [0.1, 0.15) is 33.0 Å². The summed E-state index contributed by atoms with van der Waals surface area (Å²) in [5, 5.41) is 5.90. The van der Waals surface area contributed by atoms with E-state index in [2.05, 4.69) is 20.6 Å². The normalized spacial score (nSPS) is 10.5. The second-order valence-electron chi connectivity index (χ2n) is 6.30. The van der Waals surface area contributed by atoms with Crippen LogP contribution in [0.5, 0.6) is 0 Å². The molecule has 1 heterocycles. The fourth-order valence-corrected chi connectivity index (χ4v) is 2.58. The van der Waals surface area contributed by atoms with Crippen LogP contribution in [0, 0.1) is 19.7 Å². The largest absolute Gasteiger partial charge is 0.366 e. The van der Waals surface area contributed by atoms with Crippen LogP contribution in [0.2, 0.25) is 0 Å². The van der Waals surface area contributed by atoms with Crippen LogP contribution < -0.4 is 10.6 Å². The van der Waals surface area contributed by atoms with Crippen LogP contribution in [0.25, 0.3) is 0 Å². The standard InChI is InChI=1S/C21H21FN4O/c1-14-7-9-16(10-8-14)12-24-21(27)19-11-20(26-15(2)25-19)23-13-17-5-3-4-6-18(17)22/h3-11H,12-13H2,1-2H3,(H,24,27)(H,23,25,26). The van der Waals surface area contributed by atoms with Gasteiger partial charge in [-0.1, -0.05) is 48.0 Å². The minimum Gasteiger partial charge on any atom is -0.366 e. The van der Waals surface area contributed by atoms with Crippen molar-refractivity contribution in [2.24, 2.45) is 0 Å². The lowest BCUT2D eigenvalue weighted by molar-refractivity contribution is 0.0945. The van der Waals surface area contributed by atoms with Gasteiger partial charge in [0.1, 0.15) is 23.2 Å². The number of carbonyl (C=O) groups is 1. The molecule has 0 atom stereocenters. The number of rotatable bonds is 6. The van der Waals surface area contributed by atoms with Gasteiger partial charge >= 0.3 is 0 Å².